The number of carbonyl (C=O) groups excluding carboxylic acids is 2. The van der Waals surface area contributed by atoms with Gasteiger partial charge in [-0.15, -0.1) is 0 Å². The van der Waals surface area contributed by atoms with Gasteiger partial charge in [-0.25, -0.2) is 4.79 Å². The van der Waals surface area contributed by atoms with Gasteiger partial charge in [-0.1, -0.05) is 6.08 Å². The van der Waals surface area contributed by atoms with Crippen LogP contribution in [0.5, 0.6) is 0 Å². The van der Waals surface area contributed by atoms with Gasteiger partial charge in [-0.3, -0.25) is 4.79 Å². The molecule has 0 amide bonds. The first-order valence-electron chi connectivity index (χ1n) is 5.61. The maximum absolute atomic E-state index is 11.3. The predicted molar refractivity (Wildman–Crippen MR) is 65.4 cm³/mol. The van der Waals surface area contributed by atoms with Gasteiger partial charge in [0.25, 0.3) is 0 Å². The van der Waals surface area contributed by atoms with Crippen molar-refractivity contribution in [3.05, 3.63) is 12.2 Å². The lowest BCUT2D eigenvalue weighted by atomic mass is 10.2. The molecule has 0 aromatic rings. The number of rotatable bonds is 3. The summed E-state index contributed by atoms with van der Waals surface area (Å²) < 4.78 is 10.1. The van der Waals surface area contributed by atoms with Crippen LogP contribution in [-0.2, 0) is 19.1 Å². The van der Waals surface area contributed by atoms with Crippen LogP contribution in [0.3, 0.4) is 0 Å². The largest absolute Gasteiger partial charge is 0.460 e. The number of ether oxygens (including phenoxy) is 2. The number of esters is 2. The fourth-order valence-electron chi connectivity index (χ4n) is 0.970. The Labute approximate surface area is 103 Å². The Hall–Kier alpha value is -1.32. The zero-order valence-electron chi connectivity index (χ0n) is 11.5. The van der Waals surface area contributed by atoms with Gasteiger partial charge < -0.3 is 9.47 Å². The van der Waals surface area contributed by atoms with Crippen LogP contribution in [0.2, 0.25) is 0 Å². The molecule has 4 nitrogen and oxygen atoms in total. The third-order valence-electron chi connectivity index (χ3n) is 1.37. The van der Waals surface area contributed by atoms with Crippen molar-refractivity contribution in [1.82, 2.24) is 0 Å². The molecule has 0 spiro atoms. The first-order valence-corrected chi connectivity index (χ1v) is 5.61. The summed E-state index contributed by atoms with van der Waals surface area (Å²) in [6, 6.07) is 0. The standard InChI is InChI=1S/C13H22O4/c1-12(2,3)16-10(14)8-7-9-11(15)17-13(4,5)6/h7-8H,9H2,1-6H3. The van der Waals surface area contributed by atoms with Crippen molar-refractivity contribution in [3.63, 3.8) is 0 Å². The summed E-state index contributed by atoms with van der Waals surface area (Å²) in [5.41, 5.74) is -1.02. The highest BCUT2D eigenvalue weighted by molar-refractivity contribution is 5.83. The SMILES string of the molecule is CC(C)(C)OC(=O)C=CCC(=O)OC(C)(C)C. The molecule has 0 aromatic carbocycles. The van der Waals surface area contributed by atoms with E-state index in [-0.39, 0.29) is 12.4 Å². The summed E-state index contributed by atoms with van der Waals surface area (Å²) in [6.45, 7) is 10.7. The maximum atomic E-state index is 11.3. The molecule has 0 aliphatic heterocycles. The molecule has 0 heterocycles. The highest BCUT2D eigenvalue weighted by Crippen LogP contribution is 2.09. The van der Waals surface area contributed by atoms with Gasteiger partial charge in [-0.2, -0.15) is 0 Å². The molecule has 0 N–H and O–H groups in total. The fourth-order valence-corrected chi connectivity index (χ4v) is 0.970. The zero-order valence-corrected chi connectivity index (χ0v) is 11.5. The Morgan fingerprint density at radius 1 is 0.941 bits per heavy atom. The molecule has 0 unspecified atom stereocenters. The second-order valence-electron chi connectivity index (χ2n) is 5.73. The molecule has 0 aliphatic rings. The normalized spacial score (nSPS) is 12.6. The van der Waals surface area contributed by atoms with Crippen molar-refractivity contribution >= 4 is 11.9 Å². The van der Waals surface area contributed by atoms with E-state index in [2.05, 4.69) is 0 Å². The van der Waals surface area contributed by atoms with Crippen molar-refractivity contribution in [2.45, 2.75) is 59.2 Å². The first kappa shape index (κ1) is 15.7. The van der Waals surface area contributed by atoms with Crippen molar-refractivity contribution in [3.8, 4) is 0 Å². The van der Waals surface area contributed by atoms with E-state index < -0.39 is 17.2 Å². The van der Waals surface area contributed by atoms with Gasteiger partial charge in [0.1, 0.15) is 11.2 Å². The average Bonchev–Trinajstić information content (AvgIpc) is 1.95. The molecule has 17 heavy (non-hydrogen) atoms. The summed E-state index contributed by atoms with van der Waals surface area (Å²) in [4.78, 5) is 22.6. The molecule has 0 aliphatic carbocycles. The molecule has 0 bridgehead atoms. The van der Waals surface area contributed by atoms with Crippen LogP contribution in [-0.4, -0.2) is 23.1 Å². The zero-order chi connectivity index (χ0) is 13.7. The Morgan fingerprint density at radius 3 is 1.82 bits per heavy atom. The van der Waals surface area contributed by atoms with Gasteiger partial charge in [0.15, 0.2) is 0 Å². The topological polar surface area (TPSA) is 52.6 Å². The van der Waals surface area contributed by atoms with E-state index in [0.29, 0.717) is 0 Å². The maximum Gasteiger partial charge on any atom is 0.330 e. The third kappa shape index (κ3) is 11.0. The molecule has 0 saturated heterocycles. The van der Waals surface area contributed by atoms with Crippen LogP contribution < -0.4 is 0 Å². The predicted octanol–water partition coefficient (Wildman–Crippen LogP) is 2.62. The highest BCUT2D eigenvalue weighted by atomic mass is 16.6. The van der Waals surface area contributed by atoms with Crippen LogP contribution in [0.15, 0.2) is 12.2 Å². The van der Waals surface area contributed by atoms with E-state index in [0.717, 1.165) is 0 Å². The molecule has 0 radical (unpaired) electrons. The molecular weight excluding hydrogens is 220 g/mol. The summed E-state index contributed by atoms with van der Waals surface area (Å²) >= 11 is 0. The first-order chi connectivity index (χ1) is 7.49. The van der Waals surface area contributed by atoms with Crippen molar-refractivity contribution < 1.29 is 19.1 Å². The molecule has 0 fully saturated rings. The lowest BCUT2D eigenvalue weighted by Gasteiger charge is -2.19. The van der Waals surface area contributed by atoms with Gasteiger partial charge in [0.2, 0.25) is 0 Å². The molecule has 4 heteroatoms. The lowest BCUT2D eigenvalue weighted by Crippen LogP contribution is -2.23. The number of carbonyl (C=O) groups is 2. The fraction of sp³-hybridized carbons (Fsp3) is 0.692. The Bertz CT molecular complexity index is 302. The molecule has 98 valence electrons. The summed E-state index contributed by atoms with van der Waals surface area (Å²) in [5.74, 6) is -0.821. The van der Waals surface area contributed by atoms with Gasteiger partial charge in [-0.05, 0) is 41.5 Å². The van der Waals surface area contributed by atoms with E-state index in [4.69, 9.17) is 9.47 Å². The minimum atomic E-state index is -0.520. The average molecular weight is 242 g/mol. The van der Waals surface area contributed by atoms with E-state index >= 15 is 0 Å². The van der Waals surface area contributed by atoms with E-state index in [1.807, 2.05) is 0 Å². The summed E-state index contributed by atoms with van der Waals surface area (Å²) in [5, 5.41) is 0. The number of hydrogen-bond donors (Lipinski definition) is 0. The molecular formula is C13H22O4. The van der Waals surface area contributed by atoms with Crippen LogP contribution in [0.1, 0.15) is 48.0 Å². The lowest BCUT2D eigenvalue weighted by molar-refractivity contribution is -0.153. The second kappa shape index (κ2) is 5.84. The monoisotopic (exact) mass is 242 g/mol. The third-order valence-corrected chi connectivity index (χ3v) is 1.37. The Kier molecular flexibility index (Phi) is 5.39. The van der Waals surface area contributed by atoms with Crippen LogP contribution in [0.25, 0.3) is 0 Å². The second-order valence-corrected chi connectivity index (χ2v) is 5.73. The smallest absolute Gasteiger partial charge is 0.330 e. The van der Waals surface area contributed by atoms with E-state index in [1.54, 1.807) is 41.5 Å². The molecule has 0 rings (SSSR count). The Balaban J connectivity index is 4.04. The summed E-state index contributed by atoms with van der Waals surface area (Å²) in [6.07, 6.45) is 2.76. The van der Waals surface area contributed by atoms with Crippen molar-refractivity contribution in [1.29, 1.82) is 0 Å². The molecule has 0 atom stereocenters. The summed E-state index contributed by atoms with van der Waals surface area (Å²) in [7, 11) is 0. The molecule has 0 aromatic heterocycles. The van der Waals surface area contributed by atoms with Crippen molar-refractivity contribution in [2.75, 3.05) is 0 Å². The van der Waals surface area contributed by atoms with E-state index in [9.17, 15) is 9.59 Å². The van der Waals surface area contributed by atoms with Crippen LogP contribution in [0.4, 0.5) is 0 Å². The number of hydrogen-bond acceptors (Lipinski definition) is 4. The highest BCUT2D eigenvalue weighted by Gasteiger charge is 2.16. The van der Waals surface area contributed by atoms with Gasteiger partial charge in [0, 0.05) is 6.08 Å². The van der Waals surface area contributed by atoms with Crippen molar-refractivity contribution in [2.24, 2.45) is 0 Å². The van der Waals surface area contributed by atoms with Gasteiger partial charge >= 0.3 is 11.9 Å². The molecule has 0 saturated carbocycles. The van der Waals surface area contributed by atoms with Crippen LogP contribution >= 0.6 is 0 Å². The Morgan fingerprint density at radius 2 is 1.41 bits per heavy atom. The van der Waals surface area contributed by atoms with Gasteiger partial charge in [0.05, 0.1) is 6.42 Å². The minimum absolute atomic E-state index is 0.0660. The minimum Gasteiger partial charge on any atom is -0.460 e. The quantitative estimate of drug-likeness (QED) is 0.564. The van der Waals surface area contributed by atoms with Crippen LogP contribution in [0, 0.1) is 0 Å². The van der Waals surface area contributed by atoms with E-state index in [1.165, 1.54) is 12.2 Å².